The molecule has 0 N–H and O–H groups in total. The topological polar surface area (TPSA) is 71.1 Å². The highest BCUT2D eigenvalue weighted by molar-refractivity contribution is 9.10. The molecule has 0 amide bonds. The standard InChI is InChI=1S/C8H6BrClO4S.C8H7BrO2/c9-5-3-6-7(14-2-1-13-6)4-8(5)15(10,11)12;9-6-1-2-7-8(5-6)11-4-3-10-7/h3-4H,1-2H2;1-2,5H,3-4H2. The van der Waals surface area contributed by atoms with E-state index in [1.54, 1.807) is 0 Å². The van der Waals surface area contributed by atoms with Crippen LogP contribution in [0.2, 0.25) is 0 Å². The molecule has 0 unspecified atom stereocenters. The van der Waals surface area contributed by atoms with Crippen LogP contribution in [0.3, 0.4) is 0 Å². The Hall–Kier alpha value is -1.16. The van der Waals surface area contributed by atoms with E-state index in [1.807, 2.05) is 18.2 Å². The lowest BCUT2D eigenvalue weighted by molar-refractivity contribution is 0.171. The molecule has 2 aromatic carbocycles. The first kappa shape index (κ1) is 19.6. The third kappa shape index (κ3) is 4.76. The molecule has 2 aliphatic rings. The fourth-order valence-electron chi connectivity index (χ4n) is 2.25. The predicted octanol–water partition coefficient (Wildman–Crippen LogP) is 4.37. The number of hydrogen-bond acceptors (Lipinski definition) is 6. The van der Waals surface area contributed by atoms with Crippen molar-refractivity contribution in [3.8, 4) is 23.0 Å². The smallest absolute Gasteiger partial charge is 0.262 e. The van der Waals surface area contributed by atoms with Crippen molar-refractivity contribution in [2.45, 2.75) is 4.90 Å². The molecule has 2 aromatic rings. The van der Waals surface area contributed by atoms with Crippen molar-refractivity contribution in [2.24, 2.45) is 0 Å². The van der Waals surface area contributed by atoms with Gasteiger partial charge in [0.1, 0.15) is 31.3 Å². The number of benzene rings is 2. The van der Waals surface area contributed by atoms with Gasteiger partial charge in [0, 0.05) is 25.7 Å². The van der Waals surface area contributed by atoms with Gasteiger partial charge >= 0.3 is 0 Å². The maximum absolute atomic E-state index is 11.2. The summed E-state index contributed by atoms with van der Waals surface area (Å²) in [5, 5.41) is 0. The lowest BCUT2D eigenvalue weighted by Gasteiger charge is -2.19. The molecule has 10 heteroatoms. The third-order valence-corrected chi connectivity index (χ3v) is 6.14. The Balaban J connectivity index is 0.000000158. The molecule has 6 nitrogen and oxygen atoms in total. The highest BCUT2D eigenvalue weighted by Crippen LogP contribution is 2.38. The number of rotatable bonds is 1. The Labute approximate surface area is 172 Å². The summed E-state index contributed by atoms with van der Waals surface area (Å²) in [6.45, 7) is 2.14. The van der Waals surface area contributed by atoms with Gasteiger partial charge in [-0.1, -0.05) is 15.9 Å². The number of halogens is 3. The zero-order valence-electron chi connectivity index (χ0n) is 13.2. The van der Waals surface area contributed by atoms with Crippen LogP contribution in [0.15, 0.2) is 44.2 Å². The van der Waals surface area contributed by atoms with Crippen LogP contribution in [-0.2, 0) is 9.05 Å². The van der Waals surface area contributed by atoms with E-state index in [0.717, 1.165) is 16.0 Å². The van der Waals surface area contributed by atoms with E-state index < -0.39 is 9.05 Å². The molecule has 0 atom stereocenters. The van der Waals surface area contributed by atoms with Crippen LogP contribution in [0.5, 0.6) is 23.0 Å². The van der Waals surface area contributed by atoms with E-state index in [4.69, 9.17) is 29.6 Å². The van der Waals surface area contributed by atoms with Crippen LogP contribution in [0, 0.1) is 0 Å². The molecule has 2 aliphatic heterocycles. The maximum Gasteiger partial charge on any atom is 0.262 e. The van der Waals surface area contributed by atoms with Crippen molar-refractivity contribution in [3.63, 3.8) is 0 Å². The van der Waals surface area contributed by atoms with E-state index in [1.165, 1.54) is 12.1 Å². The Kier molecular flexibility index (Phi) is 6.21. The number of hydrogen-bond donors (Lipinski definition) is 0. The number of fused-ring (bicyclic) bond motifs is 2. The molecule has 0 aliphatic carbocycles. The quantitative estimate of drug-likeness (QED) is 0.512. The molecule has 0 saturated carbocycles. The minimum Gasteiger partial charge on any atom is -0.486 e. The fraction of sp³-hybridized carbons (Fsp3) is 0.250. The van der Waals surface area contributed by atoms with Gasteiger partial charge in [-0.2, -0.15) is 0 Å². The molecular weight excluding hydrogens is 515 g/mol. The van der Waals surface area contributed by atoms with Crippen LogP contribution < -0.4 is 18.9 Å². The zero-order chi connectivity index (χ0) is 18.7. The Morgan fingerprint density at radius 1 is 0.769 bits per heavy atom. The van der Waals surface area contributed by atoms with Crippen LogP contribution >= 0.6 is 42.5 Å². The molecular formula is C16H13Br2ClO6S. The first-order valence-electron chi connectivity index (χ1n) is 7.43. The van der Waals surface area contributed by atoms with Crippen molar-refractivity contribution >= 4 is 51.6 Å². The molecule has 0 fully saturated rings. The van der Waals surface area contributed by atoms with Crippen molar-refractivity contribution in [1.82, 2.24) is 0 Å². The van der Waals surface area contributed by atoms with E-state index in [9.17, 15) is 8.42 Å². The average Bonchev–Trinajstić information content (AvgIpc) is 2.60. The van der Waals surface area contributed by atoms with E-state index in [2.05, 4.69) is 31.9 Å². The summed E-state index contributed by atoms with van der Waals surface area (Å²) in [4.78, 5) is -0.0200. The molecule has 26 heavy (non-hydrogen) atoms. The van der Waals surface area contributed by atoms with Gasteiger partial charge in [0.15, 0.2) is 23.0 Å². The minimum atomic E-state index is -3.78. The first-order chi connectivity index (χ1) is 12.3. The Morgan fingerprint density at radius 3 is 1.85 bits per heavy atom. The van der Waals surface area contributed by atoms with E-state index in [0.29, 0.717) is 42.4 Å². The molecule has 2 heterocycles. The van der Waals surface area contributed by atoms with Crippen LogP contribution in [0.4, 0.5) is 0 Å². The Morgan fingerprint density at radius 2 is 1.27 bits per heavy atom. The summed E-state index contributed by atoms with van der Waals surface area (Å²) in [5.41, 5.74) is 0. The van der Waals surface area contributed by atoms with Gasteiger partial charge in [-0.05, 0) is 40.2 Å². The lowest BCUT2D eigenvalue weighted by Crippen LogP contribution is -2.15. The normalized spacial score (nSPS) is 14.9. The molecule has 0 radical (unpaired) electrons. The van der Waals surface area contributed by atoms with Crippen LogP contribution in [-0.4, -0.2) is 34.8 Å². The molecule has 0 spiro atoms. The van der Waals surface area contributed by atoms with E-state index in [-0.39, 0.29) is 4.90 Å². The zero-order valence-corrected chi connectivity index (χ0v) is 18.0. The summed E-state index contributed by atoms with van der Waals surface area (Å²) in [7, 11) is 1.47. The SMILES string of the molecule is Brc1ccc2c(c1)OCCO2.O=S(=O)(Cl)c1cc2c(cc1Br)OCCO2. The van der Waals surface area contributed by atoms with Gasteiger partial charge in [-0.15, -0.1) is 0 Å². The van der Waals surface area contributed by atoms with Crippen LogP contribution in [0.1, 0.15) is 0 Å². The fourth-order valence-corrected chi connectivity index (χ4v) is 4.75. The van der Waals surface area contributed by atoms with Crippen molar-refractivity contribution < 1.29 is 27.4 Å². The molecule has 140 valence electrons. The molecule has 4 rings (SSSR count). The van der Waals surface area contributed by atoms with Crippen LogP contribution in [0.25, 0.3) is 0 Å². The minimum absolute atomic E-state index is 0.0200. The Bertz CT molecular complexity index is 919. The summed E-state index contributed by atoms with van der Waals surface area (Å²) in [5.74, 6) is 2.56. The molecule has 0 bridgehead atoms. The van der Waals surface area contributed by atoms with Crippen molar-refractivity contribution in [1.29, 1.82) is 0 Å². The lowest BCUT2D eigenvalue weighted by atomic mass is 10.3. The van der Waals surface area contributed by atoms with Crippen molar-refractivity contribution in [3.05, 3.63) is 39.3 Å². The highest BCUT2D eigenvalue weighted by atomic mass is 79.9. The maximum atomic E-state index is 11.2. The third-order valence-electron chi connectivity index (χ3n) is 3.36. The monoisotopic (exact) mass is 526 g/mol. The van der Waals surface area contributed by atoms with Gasteiger partial charge in [0.25, 0.3) is 9.05 Å². The predicted molar refractivity (Wildman–Crippen MR) is 103 cm³/mol. The summed E-state index contributed by atoms with van der Waals surface area (Å²) >= 11 is 6.47. The molecule has 0 aromatic heterocycles. The largest absolute Gasteiger partial charge is 0.486 e. The summed E-state index contributed by atoms with van der Waals surface area (Å²) < 4.78 is 44.9. The van der Waals surface area contributed by atoms with Gasteiger partial charge in [0.2, 0.25) is 0 Å². The van der Waals surface area contributed by atoms with Gasteiger partial charge in [-0.3, -0.25) is 0 Å². The summed E-state index contributed by atoms with van der Waals surface area (Å²) in [6.07, 6.45) is 0. The molecule has 0 saturated heterocycles. The first-order valence-corrected chi connectivity index (χ1v) is 11.3. The summed E-state index contributed by atoms with van der Waals surface area (Å²) in [6, 6.07) is 8.63. The van der Waals surface area contributed by atoms with E-state index >= 15 is 0 Å². The second-order valence-electron chi connectivity index (χ2n) is 5.15. The average molecular weight is 529 g/mol. The number of ether oxygens (including phenoxy) is 4. The van der Waals surface area contributed by atoms with Gasteiger partial charge in [-0.25, -0.2) is 8.42 Å². The second-order valence-corrected chi connectivity index (χ2v) is 9.46. The second kappa shape index (κ2) is 8.24. The van der Waals surface area contributed by atoms with Gasteiger partial charge in [0.05, 0.1) is 0 Å². The highest BCUT2D eigenvalue weighted by Gasteiger charge is 2.21. The van der Waals surface area contributed by atoms with Crippen molar-refractivity contribution in [2.75, 3.05) is 26.4 Å². The van der Waals surface area contributed by atoms with Gasteiger partial charge < -0.3 is 18.9 Å².